The van der Waals surface area contributed by atoms with Gasteiger partial charge in [-0.2, -0.15) is 0 Å². The van der Waals surface area contributed by atoms with Crippen LogP contribution in [0.25, 0.3) is 0 Å². The Hall–Kier alpha value is -1.47. The zero-order chi connectivity index (χ0) is 17.9. The van der Waals surface area contributed by atoms with Crippen LogP contribution in [0.2, 0.25) is 0 Å². The van der Waals surface area contributed by atoms with Crippen molar-refractivity contribution in [2.45, 2.75) is 38.9 Å². The van der Waals surface area contributed by atoms with Gasteiger partial charge in [0.05, 0.1) is 13.2 Å². The first-order valence-electron chi connectivity index (χ1n) is 7.05. The standard InChI is InChI=1S/C14H23O8P/c1-5-11(21-13(15)7-3)9-19-23(17,18)20-10-12(6-2)22-14(16)8-4/h7-8,11-12H,3-6,9-10H2,1-2H3,(H,17,18). The van der Waals surface area contributed by atoms with Gasteiger partial charge in [0.1, 0.15) is 12.2 Å². The summed E-state index contributed by atoms with van der Waals surface area (Å²) in [5, 5.41) is 0. The number of phosphoric ester groups is 1. The number of carbonyl (C=O) groups is 2. The molecule has 0 heterocycles. The Morgan fingerprint density at radius 3 is 1.61 bits per heavy atom. The largest absolute Gasteiger partial charge is 0.472 e. The lowest BCUT2D eigenvalue weighted by molar-refractivity contribution is -0.145. The molecule has 9 heteroatoms. The van der Waals surface area contributed by atoms with E-state index in [1.165, 1.54) is 0 Å². The molecule has 0 saturated heterocycles. The topological polar surface area (TPSA) is 108 Å². The molecular weight excluding hydrogens is 327 g/mol. The Balaban J connectivity index is 4.37. The maximum atomic E-state index is 11.8. The summed E-state index contributed by atoms with van der Waals surface area (Å²) >= 11 is 0. The van der Waals surface area contributed by atoms with Crippen LogP contribution in [-0.4, -0.2) is 42.3 Å². The third kappa shape index (κ3) is 10.0. The van der Waals surface area contributed by atoms with E-state index in [1.54, 1.807) is 13.8 Å². The molecule has 0 aliphatic carbocycles. The molecule has 0 aliphatic rings. The summed E-state index contributed by atoms with van der Waals surface area (Å²) in [6, 6.07) is 0. The van der Waals surface area contributed by atoms with E-state index >= 15 is 0 Å². The SMILES string of the molecule is C=CC(=O)OC(CC)COP(=O)(O)OCC(CC)OC(=O)C=C. The minimum absolute atomic E-state index is 0.312. The summed E-state index contributed by atoms with van der Waals surface area (Å²) < 4.78 is 31.1. The molecule has 132 valence electrons. The fraction of sp³-hybridized carbons (Fsp3) is 0.571. The summed E-state index contributed by atoms with van der Waals surface area (Å²) in [5.74, 6) is -1.31. The molecule has 0 aliphatic heterocycles. The summed E-state index contributed by atoms with van der Waals surface area (Å²) in [5.41, 5.74) is 0. The average Bonchev–Trinajstić information content (AvgIpc) is 2.54. The predicted octanol–water partition coefficient (Wildman–Crippen LogP) is 2.14. The van der Waals surface area contributed by atoms with Crippen LogP contribution in [0.1, 0.15) is 26.7 Å². The van der Waals surface area contributed by atoms with Gasteiger partial charge in [-0.25, -0.2) is 14.2 Å². The van der Waals surface area contributed by atoms with E-state index in [1.807, 2.05) is 0 Å². The maximum absolute atomic E-state index is 11.8. The zero-order valence-electron chi connectivity index (χ0n) is 13.3. The highest BCUT2D eigenvalue weighted by Gasteiger charge is 2.26. The predicted molar refractivity (Wildman–Crippen MR) is 82.5 cm³/mol. The fourth-order valence-electron chi connectivity index (χ4n) is 1.29. The van der Waals surface area contributed by atoms with Crippen molar-refractivity contribution >= 4 is 19.8 Å². The van der Waals surface area contributed by atoms with Gasteiger partial charge in [0.2, 0.25) is 0 Å². The molecule has 0 spiro atoms. The lowest BCUT2D eigenvalue weighted by Crippen LogP contribution is -2.23. The first-order valence-corrected chi connectivity index (χ1v) is 8.55. The number of hydrogen-bond acceptors (Lipinski definition) is 7. The monoisotopic (exact) mass is 350 g/mol. The number of rotatable bonds is 12. The van der Waals surface area contributed by atoms with Crippen LogP contribution in [0.15, 0.2) is 25.3 Å². The third-order valence-corrected chi connectivity index (χ3v) is 3.61. The van der Waals surface area contributed by atoms with Crippen LogP contribution in [0.5, 0.6) is 0 Å². The quantitative estimate of drug-likeness (QED) is 0.324. The Morgan fingerprint density at radius 2 is 1.35 bits per heavy atom. The molecule has 0 bridgehead atoms. The smallest absolute Gasteiger partial charge is 0.457 e. The van der Waals surface area contributed by atoms with Gasteiger partial charge in [-0.05, 0) is 12.8 Å². The van der Waals surface area contributed by atoms with Crippen LogP contribution in [0, 0.1) is 0 Å². The summed E-state index contributed by atoms with van der Waals surface area (Å²) in [7, 11) is -4.36. The van der Waals surface area contributed by atoms with Gasteiger partial charge in [0.15, 0.2) is 0 Å². The van der Waals surface area contributed by atoms with Gasteiger partial charge in [-0.1, -0.05) is 27.0 Å². The Bertz CT molecular complexity index is 424. The molecule has 0 aromatic rings. The molecule has 0 amide bonds. The van der Waals surface area contributed by atoms with E-state index in [-0.39, 0.29) is 13.2 Å². The second-order valence-corrected chi connectivity index (χ2v) is 5.86. The molecule has 0 aromatic carbocycles. The third-order valence-electron chi connectivity index (χ3n) is 2.66. The molecule has 0 radical (unpaired) electrons. The Morgan fingerprint density at radius 1 is 1.00 bits per heavy atom. The lowest BCUT2D eigenvalue weighted by Gasteiger charge is -2.20. The molecule has 23 heavy (non-hydrogen) atoms. The molecule has 0 rings (SSSR count). The van der Waals surface area contributed by atoms with Gasteiger partial charge in [-0.15, -0.1) is 0 Å². The summed E-state index contributed by atoms with van der Waals surface area (Å²) in [4.78, 5) is 31.7. The van der Waals surface area contributed by atoms with Crippen molar-refractivity contribution < 1.29 is 37.6 Å². The minimum Gasteiger partial charge on any atom is -0.457 e. The van der Waals surface area contributed by atoms with E-state index in [0.717, 1.165) is 12.2 Å². The molecular formula is C14H23O8P. The summed E-state index contributed by atoms with van der Waals surface area (Å²) in [6.07, 6.45) is 1.33. The maximum Gasteiger partial charge on any atom is 0.472 e. The number of ether oxygens (including phenoxy) is 2. The van der Waals surface area contributed by atoms with Crippen molar-refractivity contribution in [3.05, 3.63) is 25.3 Å². The van der Waals surface area contributed by atoms with Gasteiger partial charge in [0.25, 0.3) is 0 Å². The van der Waals surface area contributed by atoms with Gasteiger partial charge >= 0.3 is 19.8 Å². The molecule has 2 unspecified atom stereocenters. The molecule has 8 nitrogen and oxygen atoms in total. The Kier molecular flexibility index (Phi) is 10.4. The summed E-state index contributed by atoms with van der Waals surface area (Å²) in [6.45, 7) is 9.32. The van der Waals surface area contributed by atoms with E-state index in [4.69, 9.17) is 18.5 Å². The molecule has 0 fully saturated rings. The molecule has 0 saturated carbocycles. The highest BCUT2D eigenvalue weighted by atomic mass is 31.2. The van der Waals surface area contributed by atoms with E-state index in [2.05, 4.69) is 13.2 Å². The van der Waals surface area contributed by atoms with E-state index < -0.39 is 32.0 Å². The van der Waals surface area contributed by atoms with Crippen LogP contribution in [0.4, 0.5) is 0 Å². The molecule has 0 aromatic heterocycles. The number of carbonyl (C=O) groups excluding carboxylic acids is 2. The normalized spacial score (nSPS) is 15.8. The molecule has 2 atom stereocenters. The zero-order valence-corrected chi connectivity index (χ0v) is 14.2. The van der Waals surface area contributed by atoms with Gasteiger partial charge < -0.3 is 14.4 Å². The highest BCUT2D eigenvalue weighted by Crippen LogP contribution is 2.43. The van der Waals surface area contributed by atoms with Crippen LogP contribution in [-0.2, 0) is 32.7 Å². The fourth-order valence-corrected chi connectivity index (χ4v) is 2.07. The van der Waals surface area contributed by atoms with Crippen molar-refractivity contribution in [1.29, 1.82) is 0 Å². The van der Waals surface area contributed by atoms with Gasteiger partial charge in [0, 0.05) is 12.2 Å². The van der Waals surface area contributed by atoms with E-state index in [0.29, 0.717) is 12.8 Å². The van der Waals surface area contributed by atoms with Crippen molar-refractivity contribution in [3.8, 4) is 0 Å². The first kappa shape index (κ1) is 21.5. The molecule has 1 N–H and O–H groups in total. The number of esters is 2. The van der Waals surface area contributed by atoms with Crippen LogP contribution in [0.3, 0.4) is 0 Å². The number of phosphoric acid groups is 1. The van der Waals surface area contributed by atoms with E-state index in [9.17, 15) is 19.0 Å². The highest BCUT2D eigenvalue weighted by molar-refractivity contribution is 7.47. The van der Waals surface area contributed by atoms with Crippen molar-refractivity contribution in [1.82, 2.24) is 0 Å². The second kappa shape index (κ2) is 11.1. The lowest BCUT2D eigenvalue weighted by atomic mass is 10.3. The first-order chi connectivity index (χ1) is 10.8. The van der Waals surface area contributed by atoms with Crippen LogP contribution < -0.4 is 0 Å². The second-order valence-electron chi connectivity index (χ2n) is 4.40. The van der Waals surface area contributed by atoms with Crippen LogP contribution >= 0.6 is 7.82 Å². The number of hydrogen-bond donors (Lipinski definition) is 1. The minimum atomic E-state index is -4.36. The van der Waals surface area contributed by atoms with Gasteiger partial charge in [-0.3, -0.25) is 9.05 Å². The Labute approximate surface area is 135 Å². The average molecular weight is 350 g/mol. The van der Waals surface area contributed by atoms with Crippen molar-refractivity contribution in [3.63, 3.8) is 0 Å². The van der Waals surface area contributed by atoms with Crippen molar-refractivity contribution in [2.24, 2.45) is 0 Å². The van der Waals surface area contributed by atoms with Crippen molar-refractivity contribution in [2.75, 3.05) is 13.2 Å².